The van der Waals surface area contributed by atoms with E-state index in [1.165, 1.54) is 0 Å². The van der Waals surface area contributed by atoms with E-state index in [9.17, 15) is 58.7 Å². The first-order valence-electron chi connectivity index (χ1n) is 22.4. The number of nitrogens with zero attached hydrogens (tertiary/aromatic N) is 2. The van der Waals surface area contributed by atoms with Gasteiger partial charge in [0.2, 0.25) is 11.8 Å². The summed E-state index contributed by atoms with van der Waals surface area (Å²) in [5, 5.41) is 13.9. The predicted octanol–water partition coefficient (Wildman–Crippen LogP) is 8.28. The number of hydrogen-bond acceptors (Lipinski definition) is 11. The summed E-state index contributed by atoms with van der Waals surface area (Å²) in [5.74, 6) is -1.10. The first kappa shape index (κ1) is 61.1. The zero-order chi connectivity index (χ0) is 54.5. The fourth-order valence-corrected chi connectivity index (χ4v) is 8.30. The number of nitrogens with one attached hydrogen (secondary N) is 6. The minimum Gasteiger partial charge on any atom is -0.388 e. The molecule has 18 N–H and O–H groups in total. The Balaban J connectivity index is 2.11. The fourth-order valence-electron chi connectivity index (χ4n) is 6.60. The molecule has 0 aliphatic rings. The highest BCUT2D eigenvalue weighted by Crippen LogP contribution is 2.44. The number of urea groups is 2. The lowest BCUT2D eigenvalue weighted by atomic mass is 10.00. The molecule has 0 heterocycles. The molecule has 18 nitrogen and oxygen atoms in total. The zero-order valence-corrected chi connectivity index (χ0v) is 41.1. The van der Waals surface area contributed by atoms with E-state index in [0.717, 1.165) is 23.5 Å². The van der Waals surface area contributed by atoms with E-state index in [4.69, 9.17) is 34.4 Å². The van der Waals surface area contributed by atoms with Crippen molar-refractivity contribution >= 4 is 93.3 Å². The van der Waals surface area contributed by atoms with Gasteiger partial charge >= 0.3 is 30.6 Å². The van der Waals surface area contributed by atoms with E-state index >= 15 is 0 Å². The summed E-state index contributed by atoms with van der Waals surface area (Å²) in [5.41, 5.74) is 26.1. The number of alkyl halides is 9. The number of unbranched alkanes of at least 4 members (excludes halogenated alkanes) is 3. The van der Waals surface area contributed by atoms with Gasteiger partial charge in [-0.15, -0.1) is 23.5 Å². The number of carbonyl (C=O) groups is 4. The van der Waals surface area contributed by atoms with Gasteiger partial charge in [0, 0.05) is 61.9 Å². The Morgan fingerprint density at radius 1 is 0.493 bits per heavy atom. The Labute approximate surface area is 423 Å². The first-order valence-corrected chi connectivity index (χ1v) is 24.4. The molecule has 3 aromatic carbocycles. The van der Waals surface area contributed by atoms with Gasteiger partial charge in [0.15, 0.2) is 5.96 Å². The highest BCUT2D eigenvalue weighted by molar-refractivity contribution is 7.99. The second-order valence-electron chi connectivity index (χ2n) is 15.9. The van der Waals surface area contributed by atoms with Crippen molar-refractivity contribution in [2.45, 2.75) is 93.0 Å². The van der Waals surface area contributed by atoms with Gasteiger partial charge in [-0.05, 0) is 100 Å². The van der Waals surface area contributed by atoms with Gasteiger partial charge in [-0.1, -0.05) is 0 Å². The summed E-state index contributed by atoms with van der Waals surface area (Å²) >= 11 is 1.73. The molecule has 0 aromatic heterocycles. The molecule has 0 unspecified atom stereocenters. The maximum Gasteiger partial charge on any atom is 0.416 e. The first-order chi connectivity index (χ1) is 34.3. The van der Waals surface area contributed by atoms with Crippen LogP contribution in [0.2, 0.25) is 0 Å². The van der Waals surface area contributed by atoms with E-state index in [-0.39, 0.29) is 115 Å². The lowest BCUT2D eigenvalue weighted by Crippen LogP contribution is -2.25. The number of carbonyl (C=O) groups excluding carboxylic acids is 4. The third kappa shape index (κ3) is 21.1. The third-order valence-corrected chi connectivity index (χ3v) is 12.2. The molecule has 0 saturated heterocycles. The Morgan fingerprint density at radius 3 is 1.19 bits per heavy atom. The van der Waals surface area contributed by atoms with Crippen molar-refractivity contribution < 1.29 is 58.7 Å². The van der Waals surface area contributed by atoms with Crippen LogP contribution in [0.3, 0.4) is 0 Å². The number of thioether (sulfide) groups is 2. The van der Waals surface area contributed by atoms with Gasteiger partial charge in [-0.25, -0.2) is 9.59 Å². The molecule has 0 saturated carbocycles. The molecule has 3 rings (SSSR count). The lowest BCUT2D eigenvalue weighted by molar-refractivity contribution is -0.138. The number of halogens is 9. The summed E-state index contributed by atoms with van der Waals surface area (Å²) in [7, 11) is 0. The smallest absolute Gasteiger partial charge is 0.388 e. The van der Waals surface area contributed by atoms with Crippen molar-refractivity contribution in [2.75, 3.05) is 76.1 Å². The summed E-state index contributed by atoms with van der Waals surface area (Å²) < 4.78 is 130. The Hall–Kier alpha value is -6.17. The van der Waals surface area contributed by atoms with Crippen molar-refractivity contribution in [1.29, 1.82) is 0 Å². The molecule has 0 fully saturated rings. The highest BCUT2D eigenvalue weighted by Gasteiger charge is 2.36. The van der Waals surface area contributed by atoms with Gasteiger partial charge < -0.3 is 66.3 Å². The van der Waals surface area contributed by atoms with Gasteiger partial charge in [-0.2, -0.15) is 39.5 Å². The molecule has 404 valence electrons. The summed E-state index contributed by atoms with van der Waals surface area (Å²) in [6.45, 7) is 2.14. The SMILES string of the molecule is CC(N)=NCCCCC(=O)Nc1cc(C(F)(F)F)cc(NC(=O)Nc2cc(C(F)(F)F)cc(NC(=O)Nc3cc(C(F)(F)F)cc(NC(=O)CCCCN=C(N)N)c3SCCN)c2CCCCN)c1SCCN. The van der Waals surface area contributed by atoms with Crippen LogP contribution in [0.5, 0.6) is 0 Å². The number of rotatable bonds is 26. The van der Waals surface area contributed by atoms with Gasteiger partial charge in [-0.3, -0.25) is 19.6 Å². The number of anilines is 6. The maximum atomic E-state index is 14.6. The number of hydrogen-bond donors (Lipinski definition) is 12. The Morgan fingerprint density at radius 2 is 0.849 bits per heavy atom. The van der Waals surface area contributed by atoms with Crippen LogP contribution in [-0.4, -0.2) is 79.9 Å². The summed E-state index contributed by atoms with van der Waals surface area (Å²) in [4.78, 5) is 61.3. The predicted molar refractivity (Wildman–Crippen MR) is 269 cm³/mol. The molecule has 0 radical (unpaired) electrons. The van der Waals surface area contributed by atoms with Crippen LogP contribution < -0.4 is 66.3 Å². The van der Waals surface area contributed by atoms with E-state index in [0.29, 0.717) is 61.6 Å². The molecule has 6 amide bonds. The molecule has 0 bridgehead atoms. The standard InChI is InChI=1S/C44H59F9N14O4S2/c1-24(57)60-14-6-3-9-35(68)62-31-20-26(43(48,49)50)22-33(37(31)72-16-12-55)66-40(70)64-29-18-25(42(45,46)47)19-30(28(29)8-2-5-11-54)65-41(71)67-34-23-27(44(51,52)53)21-32(38(34)73-17-13-56)63-36(69)10-4-7-15-61-39(58)59/h18-23H,2-17,54-56H2,1H3,(H2,57,60)(H,62,68)(H,63,69)(H4,58,59,61)(H2,64,66,70)(H2,65,67,71). The number of benzene rings is 3. The van der Waals surface area contributed by atoms with E-state index in [1.54, 1.807) is 6.92 Å². The van der Waals surface area contributed by atoms with E-state index in [1.807, 2.05) is 0 Å². The quantitative estimate of drug-likeness (QED) is 0.0119. The summed E-state index contributed by atoms with van der Waals surface area (Å²) in [6, 6.07) is 0.744. The highest BCUT2D eigenvalue weighted by atomic mass is 32.2. The molecular weight excluding hydrogens is 1020 g/mol. The molecular formula is C44H59F9N14O4S2. The van der Waals surface area contributed by atoms with Crippen LogP contribution in [0.4, 0.5) is 83.2 Å². The number of nitrogens with two attached hydrogens (primary N) is 6. The summed E-state index contributed by atoms with van der Waals surface area (Å²) in [6.07, 6.45) is -14.0. The second kappa shape index (κ2) is 28.9. The second-order valence-corrected chi connectivity index (χ2v) is 18.1. The molecule has 73 heavy (non-hydrogen) atoms. The third-order valence-electron chi connectivity index (χ3n) is 9.84. The van der Waals surface area contributed by atoms with Crippen molar-refractivity contribution in [3.63, 3.8) is 0 Å². The zero-order valence-electron chi connectivity index (χ0n) is 39.5. The Kier molecular flexibility index (Phi) is 24.2. The topological polar surface area (TPSA) is 321 Å². The van der Waals surface area contributed by atoms with Gasteiger partial charge in [0.05, 0.1) is 55.1 Å². The van der Waals surface area contributed by atoms with Crippen LogP contribution in [-0.2, 0) is 34.5 Å². The number of amides is 6. The largest absolute Gasteiger partial charge is 0.416 e. The van der Waals surface area contributed by atoms with Crippen molar-refractivity contribution in [3.8, 4) is 0 Å². The maximum absolute atomic E-state index is 14.6. The fraction of sp³-hybridized carbons (Fsp3) is 0.455. The Bertz CT molecular complexity index is 2280. The lowest BCUT2D eigenvalue weighted by Gasteiger charge is -2.22. The molecule has 0 spiro atoms. The molecule has 0 atom stereocenters. The minimum absolute atomic E-state index is 0.00543. The van der Waals surface area contributed by atoms with E-state index < -0.39 is 81.8 Å². The van der Waals surface area contributed by atoms with Crippen LogP contribution in [0.1, 0.15) is 80.5 Å². The van der Waals surface area contributed by atoms with Crippen molar-refractivity contribution in [3.05, 3.63) is 58.7 Å². The normalized spacial score (nSPS) is 12.0. The van der Waals surface area contributed by atoms with Crippen LogP contribution in [0.25, 0.3) is 0 Å². The molecule has 0 aliphatic heterocycles. The van der Waals surface area contributed by atoms with Crippen LogP contribution in [0.15, 0.2) is 56.2 Å². The van der Waals surface area contributed by atoms with Crippen LogP contribution >= 0.6 is 23.5 Å². The molecule has 0 aliphatic carbocycles. The number of aliphatic imine (C=N–C) groups is 2. The molecule has 29 heteroatoms. The van der Waals surface area contributed by atoms with Gasteiger partial charge in [0.25, 0.3) is 0 Å². The monoisotopic (exact) mass is 1080 g/mol. The number of guanidine groups is 1. The van der Waals surface area contributed by atoms with Crippen molar-refractivity contribution in [1.82, 2.24) is 0 Å². The molecule has 3 aromatic rings. The number of amidine groups is 1. The van der Waals surface area contributed by atoms with E-state index in [2.05, 4.69) is 41.9 Å². The van der Waals surface area contributed by atoms with Gasteiger partial charge in [0.1, 0.15) is 0 Å². The minimum atomic E-state index is -5.16. The average molecular weight is 1080 g/mol. The van der Waals surface area contributed by atoms with Crippen LogP contribution in [0, 0.1) is 0 Å². The average Bonchev–Trinajstić information content (AvgIpc) is 3.27. The van der Waals surface area contributed by atoms with Crippen molar-refractivity contribution in [2.24, 2.45) is 44.4 Å².